The molecule has 0 radical (unpaired) electrons. The SMILES string of the molecule is CC1CCCC(N)(C(=O)Nc2cc(Cl)ccc2C#N)C1. The Morgan fingerprint density at radius 3 is 3.00 bits per heavy atom. The summed E-state index contributed by atoms with van der Waals surface area (Å²) >= 11 is 5.91. The van der Waals surface area contributed by atoms with Crippen molar-refractivity contribution in [2.45, 2.75) is 38.1 Å². The molecular formula is C15H18ClN3O. The number of halogens is 1. The number of hydrogen-bond donors (Lipinski definition) is 2. The minimum atomic E-state index is -0.854. The molecule has 106 valence electrons. The van der Waals surface area contributed by atoms with Crippen molar-refractivity contribution in [3.8, 4) is 6.07 Å². The van der Waals surface area contributed by atoms with Crippen LogP contribution in [-0.2, 0) is 4.79 Å². The summed E-state index contributed by atoms with van der Waals surface area (Å²) in [5.74, 6) is 0.206. The highest BCUT2D eigenvalue weighted by atomic mass is 35.5. The zero-order valence-corrected chi connectivity index (χ0v) is 12.2. The summed E-state index contributed by atoms with van der Waals surface area (Å²) in [6.45, 7) is 2.11. The van der Waals surface area contributed by atoms with E-state index < -0.39 is 5.54 Å². The maximum absolute atomic E-state index is 12.4. The first kappa shape index (κ1) is 14.8. The fraction of sp³-hybridized carbons (Fsp3) is 0.467. The van der Waals surface area contributed by atoms with Gasteiger partial charge in [-0.1, -0.05) is 31.4 Å². The molecule has 0 aromatic heterocycles. The molecule has 1 amide bonds. The number of anilines is 1. The number of nitrogens with zero attached hydrogens (tertiary/aromatic N) is 1. The summed E-state index contributed by atoms with van der Waals surface area (Å²) in [6, 6.07) is 6.82. The van der Waals surface area contributed by atoms with E-state index in [2.05, 4.69) is 12.2 Å². The fourth-order valence-electron chi connectivity index (χ4n) is 2.76. The van der Waals surface area contributed by atoms with Crippen LogP contribution in [0, 0.1) is 17.2 Å². The Labute approximate surface area is 123 Å². The number of amides is 1. The van der Waals surface area contributed by atoms with Gasteiger partial charge in [-0.25, -0.2) is 0 Å². The fourth-order valence-corrected chi connectivity index (χ4v) is 2.93. The summed E-state index contributed by atoms with van der Waals surface area (Å²) in [6.07, 6.45) is 3.39. The van der Waals surface area contributed by atoms with E-state index in [0.29, 0.717) is 35.0 Å². The van der Waals surface area contributed by atoms with Crippen LogP contribution in [-0.4, -0.2) is 11.4 Å². The molecule has 5 heteroatoms. The van der Waals surface area contributed by atoms with Gasteiger partial charge in [0.15, 0.2) is 0 Å². The first-order chi connectivity index (χ1) is 9.44. The molecule has 2 atom stereocenters. The molecule has 0 aliphatic heterocycles. The molecule has 1 aromatic rings. The third kappa shape index (κ3) is 3.12. The average Bonchev–Trinajstić information content (AvgIpc) is 2.38. The molecule has 0 spiro atoms. The van der Waals surface area contributed by atoms with Gasteiger partial charge < -0.3 is 11.1 Å². The van der Waals surface area contributed by atoms with Crippen molar-refractivity contribution in [1.29, 1.82) is 5.26 Å². The highest BCUT2D eigenvalue weighted by Gasteiger charge is 2.38. The van der Waals surface area contributed by atoms with E-state index >= 15 is 0 Å². The number of carbonyl (C=O) groups excluding carboxylic acids is 1. The summed E-state index contributed by atoms with van der Waals surface area (Å²) in [4.78, 5) is 12.4. The Hall–Kier alpha value is -1.57. The lowest BCUT2D eigenvalue weighted by Crippen LogP contribution is -2.53. The maximum atomic E-state index is 12.4. The van der Waals surface area contributed by atoms with Crippen LogP contribution in [0.5, 0.6) is 0 Å². The summed E-state index contributed by atoms with van der Waals surface area (Å²) < 4.78 is 0. The quantitative estimate of drug-likeness (QED) is 0.879. The van der Waals surface area contributed by atoms with Gasteiger partial charge in [-0.2, -0.15) is 5.26 Å². The molecule has 1 aliphatic rings. The van der Waals surface area contributed by atoms with Gasteiger partial charge in [0.05, 0.1) is 16.8 Å². The number of carbonyl (C=O) groups is 1. The van der Waals surface area contributed by atoms with E-state index in [1.807, 2.05) is 6.07 Å². The second-order valence-corrected chi connectivity index (χ2v) is 6.05. The van der Waals surface area contributed by atoms with Gasteiger partial charge in [0, 0.05) is 5.02 Å². The van der Waals surface area contributed by atoms with E-state index in [0.717, 1.165) is 12.8 Å². The number of rotatable bonds is 2. The standard InChI is InChI=1S/C15H18ClN3O/c1-10-3-2-6-15(18,8-10)14(20)19-13-7-12(16)5-4-11(13)9-17/h4-5,7,10H,2-3,6,8,18H2,1H3,(H,19,20). The highest BCUT2D eigenvalue weighted by Crippen LogP contribution is 2.32. The number of nitrogens with two attached hydrogens (primary N) is 1. The monoisotopic (exact) mass is 291 g/mol. The van der Waals surface area contributed by atoms with E-state index in [4.69, 9.17) is 22.6 Å². The van der Waals surface area contributed by atoms with Gasteiger partial charge in [-0.3, -0.25) is 4.79 Å². The summed E-state index contributed by atoms with van der Waals surface area (Å²) in [7, 11) is 0. The molecule has 1 aliphatic carbocycles. The minimum Gasteiger partial charge on any atom is -0.323 e. The van der Waals surface area contributed by atoms with Crippen LogP contribution >= 0.6 is 11.6 Å². The Morgan fingerprint density at radius 1 is 1.60 bits per heavy atom. The lowest BCUT2D eigenvalue weighted by Gasteiger charge is -2.35. The molecule has 0 heterocycles. The smallest absolute Gasteiger partial charge is 0.244 e. The molecule has 20 heavy (non-hydrogen) atoms. The molecule has 1 saturated carbocycles. The van der Waals surface area contributed by atoms with Crippen LogP contribution in [0.4, 0.5) is 5.69 Å². The third-order valence-corrected chi connectivity index (χ3v) is 4.07. The predicted molar refractivity (Wildman–Crippen MR) is 79.3 cm³/mol. The first-order valence-corrected chi connectivity index (χ1v) is 7.12. The Bertz CT molecular complexity index is 567. The van der Waals surface area contributed by atoms with Gasteiger partial charge in [0.1, 0.15) is 6.07 Å². The number of nitriles is 1. The minimum absolute atomic E-state index is 0.234. The van der Waals surface area contributed by atoms with Crippen LogP contribution in [0.2, 0.25) is 5.02 Å². The Morgan fingerprint density at radius 2 is 2.35 bits per heavy atom. The zero-order chi connectivity index (χ0) is 14.8. The second-order valence-electron chi connectivity index (χ2n) is 5.61. The van der Waals surface area contributed by atoms with Gasteiger partial charge >= 0.3 is 0 Å². The summed E-state index contributed by atoms with van der Waals surface area (Å²) in [5, 5.41) is 12.3. The molecule has 3 N–H and O–H groups in total. The van der Waals surface area contributed by atoms with E-state index in [9.17, 15) is 4.79 Å². The van der Waals surface area contributed by atoms with Gasteiger partial charge in [0.2, 0.25) is 5.91 Å². The van der Waals surface area contributed by atoms with Gasteiger partial charge in [-0.15, -0.1) is 0 Å². The van der Waals surface area contributed by atoms with Gasteiger partial charge in [0.25, 0.3) is 0 Å². The van der Waals surface area contributed by atoms with Crippen LogP contribution in [0.1, 0.15) is 38.2 Å². The Kier molecular flexibility index (Phi) is 4.32. The van der Waals surface area contributed by atoms with Crippen LogP contribution in [0.3, 0.4) is 0 Å². The zero-order valence-electron chi connectivity index (χ0n) is 11.4. The largest absolute Gasteiger partial charge is 0.323 e. The highest BCUT2D eigenvalue weighted by molar-refractivity contribution is 6.31. The number of benzene rings is 1. The molecule has 4 nitrogen and oxygen atoms in total. The van der Waals surface area contributed by atoms with Crippen molar-refractivity contribution in [1.82, 2.24) is 0 Å². The maximum Gasteiger partial charge on any atom is 0.244 e. The van der Waals surface area contributed by atoms with Crippen molar-refractivity contribution in [2.75, 3.05) is 5.32 Å². The molecular weight excluding hydrogens is 274 g/mol. The Balaban J connectivity index is 2.19. The van der Waals surface area contributed by atoms with Crippen LogP contribution in [0.15, 0.2) is 18.2 Å². The normalized spacial score (nSPS) is 25.8. The van der Waals surface area contributed by atoms with E-state index in [1.54, 1.807) is 18.2 Å². The predicted octanol–water partition coefficient (Wildman–Crippen LogP) is 3.06. The van der Waals surface area contributed by atoms with Crippen molar-refractivity contribution in [3.63, 3.8) is 0 Å². The first-order valence-electron chi connectivity index (χ1n) is 6.74. The van der Waals surface area contributed by atoms with Crippen molar-refractivity contribution in [2.24, 2.45) is 11.7 Å². The number of hydrogen-bond acceptors (Lipinski definition) is 3. The third-order valence-electron chi connectivity index (χ3n) is 3.84. The summed E-state index contributed by atoms with van der Waals surface area (Å²) in [5.41, 5.74) is 6.20. The molecule has 2 rings (SSSR count). The van der Waals surface area contributed by atoms with Crippen LogP contribution < -0.4 is 11.1 Å². The van der Waals surface area contributed by atoms with E-state index in [-0.39, 0.29) is 5.91 Å². The number of nitrogens with one attached hydrogen (secondary N) is 1. The molecule has 1 aromatic carbocycles. The van der Waals surface area contributed by atoms with Crippen LogP contribution in [0.25, 0.3) is 0 Å². The molecule has 0 bridgehead atoms. The lowest BCUT2D eigenvalue weighted by molar-refractivity contribution is -0.122. The van der Waals surface area contributed by atoms with Crippen molar-refractivity contribution >= 4 is 23.2 Å². The molecule has 1 fully saturated rings. The molecule has 2 unspecified atom stereocenters. The lowest BCUT2D eigenvalue weighted by atomic mass is 9.76. The van der Waals surface area contributed by atoms with Crippen molar-refractivity contribution < 1.29 is 4.79 Å². The second kappa shape index (κ2) is 5.82. The topological polar surface area (TPSA) is 78.9 Å². The van der Waals surface area contributed by atoms with E-state index in [1.165, 1.54) is 0 Å². The average molecular weight is 292 g/mol. The van der Waals surface area contributed by atoms with Gasteiger partial charge in [-0.05, 0) is 37.0 Å². The molecule has 0 saturated heterocycles. The van der Waals surface area contributed by atoms with Crippen molar-refractivity contribution in [3.05, 3.63) is 28.8 Å².